The molecule has 132 valence electrons. The smallest absolute Gasteiger partial charge is 0.257 e. The van der Waals surface area contributed by atoms with Crippen LogP contribution in [0.1, 0.15) is 46.1 Å². The second kappa shape index (κ2) is 7.12. The summed E-state index contributed by atoms with van der Waals surface area (Å²) in [5.41, 5.74) is 4.23. The number of benzene rings is 2. The number of carbonyl (C=O) groups excluding carboxylic acids is 1. The topological polar surface area (TPSA) is 68.0 Å². The third-order valence-corrected chi connectivity index (χ3v) is 4.92. The molecule has 0 radical (unpaired) electrons. The van der Waals surface area contributed by atoms with Crippen LogP contribution in [0.2, 0.25) is 0 Å². The molecule has 0 bridgehead atoms. The van der Waals surface area contributed by atoms with Gasteiger partial charge in [-0.25, -0.2) is 0 Å². The number of rotatable bonds is 4. The van der Waals surface area contributed by atoms with Crippen molar-refractivity contribution in [1.82, 2.24) is 15.5 Å². The maximum absolute atomic E-state index is 12.5. The standard InChI is InChI=1S/C21H21N3O2/c1-14-23-21(26-24-14)17-11-9-16(10-12-17)20(25)22-13-18-7-4-6-15-5-2-3-8-19(15)18/h2-3,5,8-12,18H,4,6-7,13H2,1H3,(H,22,25)/t18-/m1/s1. The predicted octanol–water partition coefficient (Wildman–Crippen LogP) is 3.89. The van der Waals surface area contributed by atoms with Gasteiger partial charge in [-0.2, -0.15) is 4.98 Å². The van der Waals surface area contributed by atoms with Crippen LogP contribution in [0, 0.1) is 6.92 Å². The number of hydrogen-bond acceptors (Lipinski definition) is 4. The molecule has 0 aliphatic heterocycles. The fourth-order valence-corrected chi connectivity index (χ4v) is 3.56. The Morgan fingerprint density at radius 1 is 1.19 bits per heavy atom. The van der Waals surface area contributed by atoms with Gasteiger partial charge in [-0.15, -0.1) is 0 Å². The Hall–Kier alpha value is -2.95. The minimum atomic E-state index is -0.0543. The minimum absolute atomic E-state index is 0.0543. The van der Waals surface area contributed by atoms with E-state index < -0.39 is 0 Å². The summed E-state index contributed by atoms with van der Waals surface area (Å²) in [7, 11) is 0. The zero-order valence-corrected chi connectivity index (χ0v) is 14.7. The van der Waals surface area contributed by atoms with E-state index in [1.807, 2.05) is 12.1 Å². The summed E-state index contributed by atoms with van der Waals surface area (Å²) >= 11 is 0. The van der Waals surface area contributed by atoms with Crippen molar-refractivity contribution in [2.75, 3.05) is 6.54 Å². The molecule has 1 atom stereocenters. The fourth-order valence-electron chi connectivity index (χ4n) is 3.56. The highest BCUT2D eigenvalue weighted by atomic mass is 16.5. The van der Waals surface area contributed by atoms with Gasteiger partial charge < -0.3 is 9.84 Å². The summed E-state index contributed by atoms with van der Waals surface area (Å²) in [6, 6.07) is 15.8. The molecule has 26 heavy (non-hydrogen) atoms. The predicted molar refractivity (Wildman–Crippen MR) is 98.9 cm³/mol. The third kappa shape index (κ3) is 3.38. The van der Waals surface area contributed by atoms with E-state index in [9.17, 15) is 4.79 Å². The van der Waals surface area contributed by atoms with Crippen molar-refractivity contribution in [1.29, 1.82) is 0 Å². The molecule has 1 aliphatic carbocycles. The van der Waals surface area contributed by atoms with Gasteiger partial charge >= 0.3 is 0 Å². The molecule has 5 heteroatoms. The van der Waals surface area contributed by atoms with Crippen LogP contribution in [0.3, 0.4) is 0 Å². The molecule has 1 amide bonds. The zero-order valence-electron chi connectivity index (χ0n) is 14.7. The second-order valence-electron chi connectivity index (χ2n) is 6.72. The molecular weight excluding hydrogens is 326 g/mol. The lowest BCUT2D eigenvalue weighted by Crippen LogP contribution is -2.29. The highest BCUT2D eigenvalue weighted by Crippen LogP contribution is 2.30. The summed E-state index contributed by atoms with van der Waals surface area (Å²) in [6.45, 7) is 2.44. The molecule has 4 rings (SSSR count). The van der Waals surface area contributed by atoms with E-state index in [0.29, 0.717) is 29.7 Å². The van der Waals surface area contributed by atoms with Gasteiger partial charge in [0.15, 0.2) is 5.82 Å². The summed E-state index contributed by atoms with van der Waals surface area (Å²) in [5, 5.41) is 6.87. The highest BCUT2D eigenvalue weighted by Gasteiger charge is 2.20. The molecule has 5 nitrogen and oxygen atoms in total. The molecule has 0 saturated carbocycles. The van der Waals surface area contributed by atoms with Crippen molar-refractivity contribution in [3.63, 3.8) is 0 Å². The SMILES string of the molecule is Cc1noc(-c2ccc(C(=O)NC[C@H]3CCCc4ccccc43)cc2)n1. The summed E-state index contributed by atoms with van der Waals surface area (Å²) in [4.78, 5) is 16.7. The molecule has 3 aromatic rings. The minimum Gasteiger partial charge on any atom is -0.351 e. The first-order valence-corrected chi connectivity index (χ1v) is 8.97. The average molecular weight is 347 g/mol. The first kappa shape index (κ1) is 16.5. The number of fused-ring (bicyclic) bond motifs is 1. The Morgan fingerprint density at radius 2 is 2.00 bits per heavy atom. The molecule has 0 unspecified atom stereocenters. The normalized spacial score (nSPS) is 16.1. The van der Waals surface area contributed by atoms with E-state index in [1.165, 1.54) is 17.5 Å². The third-order valence-electron chi connectivity index (χ3n) is 4.92. The summed E-state index contributed by atoms with van der Waals surface area (Å²) in [6.07, 6.45) is 3.43. The Kier molecular flexibility index (Phi) is 4.52. The highest BCUT2D eigenvalue weighted by molar-refractivity contribution is 5.94. The molecular formula is C21H21N3O2. The van der Waals surface area contributed by atoms with Crippen molar-refractivity contribution in [3.8, 4) is 11.5 Å². The van der Waals surface area contributed by atoms with E-state index in [-0.39, 0.29) is 5.91 Å². The second-order valence-corrected chi connectivity index (χ2v) is 6.72. The number of nitrogens with one attached hydrogen (secondary N) is 1. The number of amides is 1. The summed E-state index contributed by atoms with van der Waals surface area (Å²) in [5.74, 6) is 1.40. The first-order chi connectivity index (χ1) is 12.7. The Balaban J connectivity index is 1.41. The number of hydrogen-bond donors (Lipinski definition) is 1. The number of aryl methyl sites for hydroxylation is 2. The molecule has 0 saturated heterocycles. The molecule has 1 aliphatic rings. The van der Waals surface area contributed by atoms with Crippen molar-refractivity contribution in [3.05, 3.63) is 71.0 Å². The van der Waals surface area contributed by atoms with Crippen molar-refractivity contribution in [2.45, 2.75) is 32.1 Å². The van der Waals surface area contributed by atoms with Gasteiger partial charge in [0.05, 0.1) is 0 Å². The Labute approximate surface area is 152 Å². The van der Waals surface area contributed by atoms with Gasteiger partial charge in [0.1, 0.15) is 0 Å². The van der Waals surface area contributed by atoms with Crippen LogP contribution in [0.4, 0.5) is 0 Å². The monoisotopic (exact) mass is 347 g/mol. The maximum atomic E-state index is 12.5. The largest absolute Gasteiger partial charge is 0.351 e. The van der Waals surface area contributed by atoms with Gasteiger partial charge in [0.25, 0.3) is 11.8 Å². The van der Waals surface area contributed by atoms with E-state index in [1.54, 1.807) is 19.1 Å². The van der Waals surface area contributed by atoms with E-state index in [0.717, 1.165) is 18.4 Å². The van der Waals surface area contributed by atoms with Gasteiger partial charge in [-0.05, 0) is 61.6 Å². The van der Waals surface area contributed by atoms with Crippen LogP contribution >= 0.6 is 0 Å². The van der Waals surface area contributed by atoms with E-state index >= 15 is 0 Å². The van der Waals surface area contributed by atoms with Crippen molar-refractivity contribution in [2.24, 2.45) is 0 Å². The lowest BCUT2D eigenvalue weighted by molar-refractivity contribution is 0.0950. The van der Waals surface area contributed by atoms with E-state index in [4.69, 9.17) is 4.52 Å². The van der Waals surface area contributed by atoms with Crippen LogP contribution in [0.15, 0.2) is 53.1 Å². The van der Waals surface area contributed by atoms with Crippen molar-refractivity contribution >= 4 is 5.91 Å². The van der Waals surface area contributed by atoms with Gasteiger partial charge in [-0.3, -0.25) is 4.79 Å². The van der Waals surface area contributed by atoms with Crippen LogP contribution in [0.5, 0.6) is 0 Å². The molecule has 2 aromatic carbocycles. The quantitative estimate of drug-likeness (QED) is 0.777. The molecule has 0 spiro atoms. The Bertz CT molecular complexity index is 915. The van der Waals surface area contributed by atoms with Crippen LogP contribution in [-0.4, -0.2) is 22.6 Å². The fraction of sp³-hybridized carbons (Fsp3) is 0.286. The van der Waals surface area contributed by atoms with Gasteiger partial charge in [0, 0.05) is 23.6 Å². The summed E-state index contributed by atoms with van der Waals surface area (Å²) < 4.78 is 5.15. The van der Waals surface area contributed by atoms with Crippen LogP contribution < -0.4 is 5.32 Å². The van der Waals surface area contributed by atoms with Crippen molar-refractivity contribution < 1.29 is 9.32 Å². The lowest BCUT2D eigenvalue weighted by Gasteiger charge is -2.25. The average Bonchev–Trinajstić information content (AvgIpc) is 3.12. The molecule has 0 fully saturated rings. The first-order valence-electron chi connectivity index (χ1n) is 8.97. The van der Waals surface area contributed by atoms with Gasteiger partial charge in [-0.1, -0.05) is 29.4 Å². The number of nitrogens with zero attached hydrogens (tertiary/aromatic N) is 2. The maximum Gasteiger partial charge on any atom is 0.257 e. The van der Waals surface area contributed by atoms with Crippen LogP contribution in [0.25, 0.3) is 11.5 Å². The van der Waals surface area contributed by atoms with E-state index in [2.05, 4.69) is 39.7 Å². The number of aromatic nitrogens is 2. The lowest BCUT2D eigenvalue weighted by atomic mass is 9.83. The molecule has 1 N–H and O–H groups in total. The van der Waals surface area contributed by atoms with Gasteiger partial charge in [0.2, 0.25) is 0 Å². The Morgan fingerprint density at radius 3 is 2.77 bits per heavy atom. The molecule has 1 heterocycles. The number of carbonyl (C=O) groups is 1. The van der Waals surface area contributed by atoms with Crippen LogP contribution in [-0.2, 0) is 6.42 Å². The zero-order chi connectivity index (χ0) is 17.9. The molecule has 1 aromatic heterocycles.